The fraction of sp³-hybridized carbons (Fsp3) is 0.261. The van der Waals surface area contributed by atoms with Crippen molar-refractivity contribution in [1.82, 2.24) is 24.8 Å². The molecule has 1 aliphatic rings. The third kappa shape index (κ3) is 3.25. The molecule has 0 unspecified atom stereocenters. The molecule has 2 N–H and O–H groups in total. The van der Waals surface area contributed by atoms with E-state index in [1.54, 1.807) is 0 Å². The van der Waals surface area contributed by atoms with Crippen LogP contribution in [0.2, 0.25) is 0 Å². The Morgan fingerprint density at radius 2 is 1.81 bits per heavy atom. The molecule has 0 amide bonds. The zero-order chi connectivity index (χ0) is 20.8. The van der Waals surface area contributed by atoms with Crippen molar-refractivity contribution in [2.75, 3.05) is 31.1 Å². The van der Waals surface area contributed by atoms with Crippen LogP contribution >= 0.6 is 0 Å². The first-order valence-corrected chi connectivity index (χ1v) is 10.6. The molecule has 8 heteroatoms. The minimum absolute atomic E-state index is 0.227. The molecule has 31 heavy (non-hydrogen) atoms. The maximum atomic E-state index is 12.6. The molecule has 0 bridgehead atoms. The van der Waals surface area contributed by atoms with Gasteiger partial charge in [0.15, 0.2) is 0 Å². The number of para-hydroxylation sites is 3. The van der Waals surface area contributed by atoms with Gasteiger partial charge in [0.2, 0.25) is 11.5 Å². The topological polar surface area (TPSA) is 94.1 Å². The molecule has 6 rings (SSSR count). The van der Waals surface area contributed by atoms with E-state index in [2.05, 4.69) is 19.8 Å². The lowest BCUT2D eigenvalue weighted by atomic mass is 10.2. The Bertz CT molecular complexity index is 1420. The summed E-state index contributed by atoms with van der Waals surface area (Å²) in [5.74, 6) is 1.59. The number of anilines is 1. The van der Waals surface area contributed by atoms with Gasteiger partial charge in [-0.25, -0.2) is 9.97 Å². The van der Waals surface area contributed by atoms with E-state index in [9.17, 15) is 4.79 Å². The van der Waals surface area contributed by atoms with Crippen LogP contribution < -0.4 is 10.5 Å². The van der Waals surface area contributed by atoms with Gasteiger partial charge in [0, 0.05) is 31.6 Å². The highest BCUT2D eigenvalue weighted by Crippen LogP contribution is 2.25. The monoisotopic (exact) mass is 414 g/mol. The van der Waals surface area contributed by atoms with E-state index < -0.39 is 0 Å². The number of nitrogens with zero attached hydrogens (tertiary/aromatic N) is 4. The van der Waals surface area contributed by atoms with Crippen molar-refractivity contribution in [2.45, 2.75) is 13.0 Å². The summed E-state index contributed by atoms with van der Waals surface area (Å²) in [4.78, 5) is 33.0. The lowest BCUT2D eigenvalue weighted by Gasteiger charge is -2.21. The summed E-state index contributed by atoms with van der Waals surface area (Å²) < 4.78 is 5.70. The minimum Gasteiger partial charge on any atom is -0.449 e. The minimum atomic E-state index is -0.227. The smallest absolute Gasteiger partial charge is 0.294 e. The maximum absolute atomic E-state index is 12.6. The first-order valence-electron chi connectivity index (χ1n) is 10.6. The summed E-state index contributed by atoms with van der Waals surface area (Å²) in [6, 6.07) is 15.7. The second kappa shape index (κ2) is 7.24. The Labute approximate surface area is 177 Å². The SMILES string of the molecule is O=c1[nH]c(CN2CCCN(c3nc4ccccc4[nH]3)CC2)nc2c1oc1ccccc12. The van der Waals surface area contributed by atoms with Crippen LogP contribution in [-0.4, -0.2) is 51.0 Å². The van der Waals surface area contributed by atoms with E-state index >= 15 is 0 Å². The van der Waals surface area contributed by atoms with Crippen LogP contribution in [0.25, 0.3) is 33.1 Å². The van der Waals surface area contributed by atoms with Crippen LogP contribution in [0.4, 0.5) is 5.95 Å². The highest BCUT2D eigenvalue weighted by Gasteiger charge is 2.19. The van der Waals surface area contributed by atoms with Crippen molar-refractivity contribution < 1.29 is 4.42 Å². The van der Waals surface area contributed by atoms with Crippen molar-refractivity contribution in [1.29, 1.82) is 0 Å². The van der Waals surface area contributed by atoms with E-state index in [4.69, 9.17) is 14.4 Å². The molecule has 1 saturated heterocycles. The fourth-order valence-electron chi connectivity index (χ4n) is 4.36. The van der Waals surface area contributed by atoms with Crippen molar-refractivity contribution in [3.05, 3.63) is 64.7 Å². The van der Waals surface area contributed by atoms with Gasteiger partial charge in [0.25, 0.3) is 5.56 Å². The Kier molecular flexibility index (Phi) is 4.24. The van der Waals surface area contributed by atoms with Gasteiger partial charge in [-0.1, -0.05) is 24.3 Å². The van der Waals surface area contributed by atoms with Gasteiger partial charge in [-0.3, -0.25) is 9.69 Å². The predicted molar refractivity (Wildman–Crippen MR) is 120 cm³/mol. The lowest BCUT2D eigenvalue weighted by molar-refractivity contribution is 0.278. The second-order valence-corrected chi connectivity index (χ2v) is 7.98. The highest BCUT2D eigenvalue weighted by molar-refractivity contribution is 6.01. The van der Waals surface area contributed by atoms with E-state index in [-0.39, 0.29) is 11.1 Å². The van der Waals surface area contributed by atoms with Crippen molar-refractivity contribution >= 4 is 39.1 Å². The quantitative estimate of drug-likeness (QED) is 0.471. The lowest BCUT2D eigenvalue weighted by Crippen LogP contribution is -2.31. The molecule has 4 heterocycles. The van der Waals surface area contributed by atoms with Gasteiger partial charge in [0.05, 0.1) is 17.6 Å². The predicted octanol–water partition coefficient (Wildman–Crippen LogP) is 3.26. The highest BCUT2D eigenvalue weighted by atomic mass is 16.3. The number of aromatic nitrogens is 4. The molecular weight excluding hydrogens is 392 g/mol. The Hall–Kier alpha value is -3.65. The molecule has 156 valence electrons. The molecule has 8 nitrogen and oxygen atoms in total. The van der Waals surface area contributed by atoms with Gasteiger partial charge in [0.1, 0.15) is 16.9 Å². The van der Waals surface area contributed by atoms with Gasteiger partial charge >= 0.3 is 0 Å². The van der Waals surface area contributed by atoms with Gasteiger partial charge in [-0.05, 0) is 30.7 Å². The molecule has 1 aliphatic heterocycles. The van der Waals surface area contributed by atoms with E-state index in [1.165, 1.54) is 0 Å². The number of aromatic amines is 2. The zero-order valence-corrected chi connectivity index (χ0v) is 17.0. The van der Waals surface area contributed by atoms with E-state index in [1.807, 2.05) is 48.5 Å². The summed E-state index contributed by atoms with van der Waals surface area (Å²) in [6.07, 6.45) is 1.01. The molecule has 0 spiro atoms. The van der Waals surface area contributed by atoms with Crippen molar-refractivity contribution in [3.8, 4) is 0 Å². The largest absolute Gasteiger partial charge is 0.449 e. The summed E-state index contributed by atoms with van der Waals surface area (Å²) >= 11 is 0. The number of nitrogens with one attached hydrogen (secondary N) is 2. The van der Waals surface area contributed by atoms with Gasteiger partial charge < -0.3 is 19.3 Å². The number of H-pyrrole nitrogens is 2. The Morgan fingerprint density at radius 1 is 0.935 bits per heavy atom. The summed E-state index contributed by atoms with van der Waals surface area (Å²) in [5, 5.41) is 0.872. The summed E-state index contributed by atoms with van der Waals surface area (Å²) in [7, 11) is 0. The number of benzene rings is 2. The number of hydrogen-bond acceptors (Lipinski definition) is 6. The normalized spacial score (nSPS) is 15.8. The molecule has 3 aromatic heterocycles. The summed E-state index contributed by atoms with van der Waals surface area (Å²) in [6.45, 7) is 4.20. The summed E-state index contributed by atoms with van der Waals surface area (Å²) in [5.41, 5.74) is 3.42. The van der Waals surface area contributed by atoms with Crippen LogP contribution in [-0.2, 0) is 6.54 Å². The van der Waals surface area contributed by atoms with Crippen LogP contribution in [0.1, 0.15) is 12.2 Å². The standard InChI is InChI=1S/C23H22N6O2/c30-22-21-20(15-6-1-4-9-18(15)31-21)26-19(27-22)14-28-10-5-11-29(13-12-28)23-24-16-7-2-3-8-17(16)25-23/h1-4,6-9H,5,10-14H2,(H,24,25)(H,26,27,30). The number of imidazole rings is 1. The Balaban J connectivity index is 1.23. The number of fused-ring (bicyclic) bond motifs is 4. The molecule has 0 aliphatic carbocycles. The van der Waals surface area contributed by atoms with Gasteiger partial charge in [-0.2, -0.15) is 0 Å². The Morgan fingerprint density at radius 3 is 2.74 bits per heavy atom. The van der Waals surface area contributed by atoms with Crippen molar-refractivity contribution in [3.63, 3.8) is 0 Å². The van der Waals surface area contributed by atoms with Crippen LogP contribution in [0.5, 0.6) is 0 Å². The first-order chi connectivity index (χ1) is 15.2. The third-order valence-electron chi connectivity index (χ3n) is 5.92. The molecule has 0 radical (unpaired) electrons. The fourth-order valence-corrected chi connectivity index (χ4v) is 4.36. The molecule has 0 atom stereocenters. The number of furan rings is 1. The maximum Gasteiger partial charge on any atom is 0.294 e. The van der Waals surface area contributed by atoms with Crippen LogP contribution in [0.3, 0.4) is 0 Å². The molecule has 5 aromatic rings. The zero-order valence-electron chi connectivity index (χ0n) is 17.0. The molecule has 0 saturated carbocycles. The molecule has 2 aromatic carbocycles. The van der Waals surface area contributed by atoms with Gasteiger partial charge in [-0.15, -0.1) is 0 Å². The third-order valence-corrected chi connectivity index (χ3v) is 5.92. The average molecular weight is 414 g/mol. The average Bonchev–Trinajstić information content (AvgIpc) is 3.30. The van der Waals surface area contributed by atoms with E-state index in [0.29, 0.717) is 23.5 Å². The van der Waals surface area contributed by atoms with E-state index in [0.717, 1.165) is 55.0 Å². The van der Waals surface area contributed by atoms with Crippen LogP contribution in [0, 0.1) is 0 Å². The van der Waals surface area contributed by atoms with Crippen LogP contribution in [0.15, 0.2) is 57.7 Å². The second-order valence-electron chi connectivity index (χ2n) is 7.98. The van der Waals surface area contributed by atoms with Crippen molar-refractivity contribution in [2.24, 2.45) is 0 Å². The number of hydrogen-bond donors (Lipinski definition) is 2. The molecular formula is C23H22N6O2. The first kappa shape index (κ1) is 18.1. The number of rotatable bonds is 3. The molecule has 1 fully saturated rings.